The van der Waals surface area contributed by atoms with E-state index in [-0.39, 0.29) is 55.2 Å². The molecule has 0 spiro atoms. The molecule has 0 aromatic heterocycles. The van der Waals surface area contributed by atoms with E-state index in [2.05, 4.69) is 5.32 Å². The van der Waals surface area contributed by atoms with Crippen LogP contribution in [0.5, 0.6) is 5.75 Å². The van der Waals surface area contributed by atoms with Crippen LogP contribution < -0.4 is 14.4 Å². The predicted molar refractivity (Wildman–Crippen MR) is 175 cm³/mol. The Labute approximate surface area is 270 Å². The molecule has 8 nitrogen and oxygen atoms in total. The summed E-state index contributed by atoms with van der Waals surface area (Å²) in [4.78, 5) is 29.4. The summed E-state index contributed by atoms with van der Waals surface area (Å²) in [5, 5.41) is 3.42. The predicted octanol–water partition coefficient (Wildman–Crippen LogP) is 6.12. The fraction of sp³-hybridized carbons (Fsp3) is 0.412. The van der Waals surface area contributed by atoms with Crippen molar-refractivity contribution in [2.24, 2.45) is 0 Å². The van der Waals surface area contributed by atoms with Crippen LogP contribution in [0, 0.1) is 5.82 Å². The van der Waals surface area contributed by atoms with Gasteiger partial charge in [-0.15, -0.1) is 0 Å². The Bertz CT molecular complexity index is 1550. The zero-order valence-electron chi connectivity index (χ0n) is 25.8. The van der Waals surface area contributed by atoms with Crippen molar-refractivity contribution >= 4 is 39.1 Å². The van der Waals surface area contributed by atoms with Gasteiger partial charge >= 0.3 is 0 Å². The third kappa shape index (κ3) is 9.68. The lowest BCUT2D eigenvalue weighted by molar-refractivity contribution is -0.141. The quantitative estimate of drug-likeness (QED) is 0.225. The lowest BCUT2D eigenvalue weighted by Crippen LogP contribution is -2.53. The third-order valence-corrected chi connectivity index (χ3v) is 9.59. The molecule has 0 saturated heterocycles. The van der Waals surface area contributed by atoms with Crippen LogP contribution in [0.25, 0.3) is 0 Å². The van der Waals surface area contributed by atoms with Crippen LogP contribution in [0.4, 0.5) is 10.1 Å². The maximum absolute atomic E-state index is 14.9. The Morgan fingerprint density at radius 3 is 2.36 bits per heavy atom. The Balaban J connectivity index is 1.60. The van der Waals surface area contributed by atoms with Gasteiger partial charge in [0.2, 0.25) is 21.8 Å². The number of benzene rings is 3. The average molecular weight is 658 g/mol. The number of carbonyl (C=O) groups excluding carboxylic acids is 2. The van der Waals surface area contributed by atoms with Crippen molar-refractivity contribution in [3.63, 3.8) is 0 Å². The number of carbonyl (C=O) groups is 2. The SMILES string of the molecule is COc1ccc(N(CCCC(=O)N(Cc2ccccc2F)[C@@H](Cc2ccccc2)C(=O)NC2CCCCC2)S(C)(=O)=O)cc1Cl. The minimum atomic E-state index is -3.72. The van der Waals surface area contributed by atoms with E-state index in [4.69, 9.17) is 16.3 Å². The van der Waals surface area contributed by atoms with Gasteiger partial charge in [0.25, 0.3) is 0 Å². The number of halogens is 2. The molecule has 3 aromatic carbocycles. The van der Waals surface area contributed by atoms with Crippen LogP contribution in [0.2, 0.25) is 5.02 Å². The third-order valence-electron chi connectivity index (χ3n) is 8.10. The molecule has 0 bridgehead atoms. The minimum absolute atomic E-state index is 0.00160. The molecule has 0 aliphatic heterocycles. The molecule has 1 aliphatic carbocycles. The molecule has 1 aliphatic rings. The summed E-state index contributed by atoms with van der Waals surface area (Å²) in [6.45, 7) is -0.108. The van der Waals surface area contributed by atoms with E-state index >= 15 is 0 Å². The molecule has 0 unspecified atom stereocenters. The van der Waals surface area contributed by atoms with E-state index in [1.165, 1.54) is 28.4 Å². The number of amides is 2. The topological polar surface area (TPSA) is 96.0 Å². The molecule has 1 saturated carbocycles. The number of hydrogen-bond donors (Lipinski definition) is 1. The highest BCUT2D eigenvalue weighted by Crippen LogP contribution is 2.30. The van der Waals surface area contributed by atoms with Crippen LogP contribution in [-0.4, -0.2) is 57.1 Å². The van der Waals surface area contributed by atoms with Crippen molar-refractivity contribution in [3.05, 3.63) is 94.8 Å². The Hall–Kier alpha value is -3.63. The minimum Gasteiger partial charge on any atom is -0.495 e. The summed E-state index contributed by atoms with van der Waals surface area (Å²) in [7, 11) is -2.25. The van der Waals surface area contributed by atoms with Crippen molar-refractivity contribution in [3.8, 4) is 5.75 Å². The monoisotopic (exact) mass is 657 g/mol. The molecule has 4 rings (SSSR count). The van der Waals surface area contributed by atoms with Gasteiger partial charge < -0.3 is 15.0 Å². The summed E-state index contributed by atoms with van der Waals surface area (Å²) in [5.74, 6) is -0.717. The van der Waals surface area contributed by atoms with E-state index in [1.807, 2.05) is 30.3 Å². The Kier molecular flexibility index (Phi) is 12.2. The van der Waals surface area contributed by atoms with Gasteiger partial charge in [-0.2, -0.15) is 0 Å². The molecule has 45 heavy (non-hydrogen) atoms. The summed E-state index contributed by atoms with van der Waals surface area (Å²) in [6.07, 6.45) is 6.37. The fourth-order valence-corrected chi connectivity index (χ4v) is 6.93. The maximum atomic E-state index is 14.9. The molecule has 1 N–H and O–H groups in total. The maximum Gasteiger partial charge on any atom is 0.243 e. The molecule has 11 heteroatoms. The van der Waals surface area contributed by atoms with E-state index in [9.17, 15) is 22.4 Å². The highest BCUT2D eigenvalue weighted by atomic mass is 35.5. The number of sulfonamides is 1. The van der Waals surface area contributed by atoms with Gasteiger partial charge in [0, 0.05) is 37.5 Å². The molecule has 242 valence electrons. The number of anilines is 1. The molecular weight excluding hydrogens is 617 g/mol. The number of rotatable bonds is 14. The second-order valence-corrected chi connectivity index (χ2v) is 13.7. The molecule has 0 heterocycles. The van der Waals surface area contributed by atoms with Crippen LogP contribution in [-0.2, 0) is 32.6 Å². The van der Waals surface area contributed by atoms with Crippen molar-refractivity contribution < 1.29 is 27.1 Å². The number of nitrogens with zero attached hydrogens (tertiary/aromatic N) is 2. The van der Waals surface area contributed by atoms with Crippen LogP contribution in [0.3, 0.4) is 0 Å². The van der Waals surface area contributed by atoms with E-state index < -0.39 is 21.9 Å². The molecule has 0 radical (unpaired) electrons. The summed E-state index contributed by atoms with van der Waals surface area (Å²) in [6, 6.07) is 19.4. The van der Waals surface area contributed by atoms with Gasteiger partial charge in [-0.1, -0.05) is 79.4 Å². The molecular formula is C34H41ClFN3O5S. The molecule has 3 aromatic rings. The second kappa shape index (κ2) is 16.1. The lowest BCUT2D eigenvalue weighted by atomic mass is 9.94. The largest absolute Gasteiger partial charge is 0.495 e. The van der Waals surface area contributed by atoms with E-state index in [1.54, 1.807) is 30.3 Å². The first-order valence-corrected chi connectivity index (χ1v) is 17.5. The Morgan fingerprint density at radius 1 is 1.02 bits per heavy atom. The van der Waals surface area contributed by atoms with Gasteiger partial charge in [-0.05, 0) is 49.1 Å². The summed E-state index contributed by atoms with van der Waals surface area (Å²) >= 11 is 6.26. The first-order chi connectivity index (χ1) is 21.6. The van der Waals surface area contributed by atoms with Crippen molar-refractivity contribution in [1.29, 1.82) is 0 Å². The van der Waals surface area contributed by atoms with Crippen LogP contribution in [0.15, 0.2) is 72.8 Å². The van der Waals surface area contributed by atoms with Crippen molar-refractivity contribution in [1.82, 2.24) is 10.2 Å². The number of nitrogens with one attached hydrogen (secondary N) is 1. The molecule has 1 fully saturated rings. The second-order valence-electron chi connectivity index (χ2n) is 11.4. The van der Waals surface area contributed by atoms with Crippen LogP contribution in [0.1, 0.15) is 56.1 Å². The summed E-state index contributed by atoms with van der Waals surface area (Å²) in [5.41, 5.74) is 1.50. The van der Waals surface area contributed by atoms with E-state index in [0.717, 1.165) is 43.9 Å². The standard InChI is InChI=1S/C34H41ClFN3O5S/c1-44-32-20-19-28(23-29(32)35)39(45(2,42)43)21-11-18-33(40)38(24-26-14-9-10-17-30(26)36)31(22-25-12-5-3-6-13-25)34(41)37-27-15-7-4-8-16-27/h3,5-6,9-10,12-14,17,19-20,23,27,31H,4,7-8,11,15-16,18,21-22,24H2,1-2H3,(H,37,41)/t31-/m0/s1. The number of methoxy groups -OCH3 is 1. The average Bonchev–Trinajstić information content (AvgIpc) is 3.02. The van der Waals surface area contributed by atoms with Gasteiger partial charge in [0.1, 0.15) is 17.6 Å². The normalized spacial score (nSPS) is 14.4. The lowest BCUT2D eigenvalue weighted by Gasteiger charge is -2.34. The zero-order chi connectivity index (χ0) is 32.4. The Morgan fingerprint density at radius 2 is 1.71 bits per heavy atom. The fourth-order valence-electron chi connectivity index (χ4n) is 5.72. The van der Waals surface area contributed by atoms with E-state index in [0.29, 0.717) is 17.0 Å². The molecule has 2 amide bonds. The van der Waals surface area contributed by atoms with Crippen molar-refractivity contribution in [2.45, 2.75) is 70.0 Å². The van der Waals surface area contributed by atoms with Gasteiger partial charge in [-0.25, -0.2) is 12.8 Å². The number of hydrogen-bond acceptors (Lipinski definition) is 5. The highest BCUT2D eigenvalue weighted by molar-refractivity contribution is 7.92. The first kappa shape index (κ1) is 34.2. The zero-order valence-corrected chi connectivity index (χ0v) is 27.3. The van der Waals surface area contributed by atoms with Gasteiger partial charge in [0.05, 0.1) is 24.1 Å². The number of ether oxygens (including phenoxy) is 1. The van der Waals surface area contributed by atoms with Crippen molar-refractivity contribution in [2.75, 3.05) is 24.2 Å². The smallest absolute Gasteiger partial charge is 0.243 e. The van der Waals surface area contributed by atoms with Crippen LogP contribution >= 0.6 is 11.6 Å². The van der Waals surface area contributed by atoms with Gasteiger partial charge in [0.15, 0.2) is 0 Å². The molecule has 1 atom stereocenters. The van der Waals surface area contributed by atoms with Gasteiger partial charge in [-0.3, -0.25) is 13.9 Å². The first-order valence-electron chi connectivity index (χ1n) is 15.2. The summed E-state index contributed by atoms with van der Waals surface area (Å²) < 4.78 is 46.8. The highest BCUT2D eigenvalue weighted by Gasteiger charge is 2.32.